The predicted octanol–water partition coefficient (Wildman–Crippen LogP) is 3.94. The van der Waals surface area contributed by atoms with Gasteiger partial charge in [0.15, 0.2) is 5.69 Å². The Bertz CT molecular complexity index is 1370. The predicted molar refractivity (Wildman–Crippen MR) is 146 cm³/mol. The first-order valence-electron chi connectivity index (χ1n) is 13.7. The lowest BCUT2D eigenvalue weighted by atomic mass is 10.0. The van der Waals surface area contributed by atoms with Crippen LogP contribution in [0.2, 0.25) is 0 Å². The maximum atomic E-state index is 14.0. The average Bonchev–Trinajstić information content (AvgIpc) is 3.71. The number of primary amides is 1. The molecule has 13 heteroatoms. The van der Waals surface area contributed by atoms with Gasteiger partial charge in [0.1, 0.15) is 12.6 Å². The summed E-state index contributed by atoms with van der Waals surface area (Å²) in [7, 11) is 0. The van der Waals surface area contributed by atoms with Crippen molar-refractivity contribution in [3.63, 3.8) is 0 Å². The Morgan fingerprint density at radius 1 is 1.02 bits per heavy atom. The van der Waals surface area contributed by atoms with Crippen LogP contribution in [-0.2, 0) is 17.6 Å². The van der Waals surface area contributed by atoms with Crippen molar-refractivity contribution in [1.82, 2.24) is 25.2 Å². The molecule has 3 amide bonds. The van der Waals surface area contributed by atoms with Crippen molar-refractivity contribution in [2.75, 3.05) is 13.2 Å². The quantitative estimate of drug-likeness (QED) is 0.218. The number of hydrogen-bond acceptors (Lipinski definition) is 5. The van der Waals surface area contributed by atoms with Gasteiger partial charge < -0.3 is 16.0 Å². The minimum Gasteiger partial charge on any atom is -0.368 e. The summed E-state index contributed by atoms with van der Waals surface area (Å²) in [4.78, 5) is 40.2. The second kappa shape index (κ2) is 13.6. The number of unbranched alkanes of at least 4 members (excludes halogenated alkanes) is 2. The van der Waals surface area contributed by atoms with Crippen molar-refractivity contribution in [2.45, 2.75) is 63.2 Å². The van der Waals surface area contributed by atoms with Gasteiger partial charge in [0.2, 0.25) is 5.91 Å². The number of aromatic nitrogens is 3. The Balaban J connectivity index is 1.63. The van der Waals surface area contributed by atoms with Crippen molar-refractivity contribution in [3.05, 3.63) is 77.1 Å². The molecule has 0 aliphatic heterocycles. The highest BCUT2D eigenvalue weighted by atomic mass is 19.4. The highest BCUT2D eigenvalue weighted by Crippen LogP contribution is 2.32. The summed E-state index contributed by atoms with van der Waals surface area (Å²) in [5.41, 5.74) is 7.53. The van der Waals surface area contributed by atoms with Crippen molar-refractivity contribution >= 4 is 17.7 Å². The number of nitrogens with one attached hydrogen (secondary N) is 1. The standard InChI is InChI=1S/C29H32F4N6O3/c30-16-6-2-5-9-23-25(28(42)38(21-14-15-21)24(26(34)40)17-19-7-3-1-4-8-19)36-37-39(23)22-12-10-20(11-13-22)27(41)35-18-29(31,32)33/h1,3-4,7-8,10-13,21,24H,2,5-6,9,14-18H2,(H2,34,40)(H,35,41)/t24-/m0/s1. The summed E-state index contributed by atoms with van der Waals surface area (Å²) in [5.74, 6) is -2.03. The van der Waals surface area contributed by atoms with Crippen LogP contribution in [0.15, 0.2) is 54.6 Å². The first kappa shape index (κ1) is 30.7. The Morgan fingerprint density at radius 2 is 1.71 bits per heavy atom. The molecule has 1 aliphatic carbocycles. The van der Waals surface area contributed by atoms with E-state index in [1.165, 1.54) is 33.8 Å². The molecule has 0 saturated heterocycles. The van der Waals surface area contributed by atoms with E-state index < -0.39 is 43.2 Å². The first-order chi connectivity index (χ1) is 20.1. The summed E-state index contributed by atoms with van der Waals surface area (Å²) in [5, 5.41) is 10.2. The van der Waals surface area contributed by atoms with Gasteiger partial charge in [-0.2, -0.15) is 13.2 Å². The summed E-state index contributed by atoms with van der Waals surface area (Å²) < 4.78 is 51.6. The SMILES string of the molecule is NC(=O)[C@H](Cc1ccccc1)N(C(=O)c1nnn(-c2ccc(C(=O)NCC(F)(F)F)cc2)c1CCCCCF)C1CC1. The lowest BCUT2D eigenvalue weighted by molar-refractivity contribution is -0.123. The van der Waals surface area contributed by atoms with Gasteiger partial charge >= 0.3 is 6.18 Å². The molecule has 4 rings (SSSR count). The topological polar surface area (TPSA) is 123 Å². The first-order valence-corrected chi connectivity index (χ1v) is 13.7. The number of amides is 3. The van der Waals surface area contributed by atoms with Crippen LogP contribution in [-0.4, -0.2) is 69.1 Å². The third-order valence-electron chi connectivity index (χ3n) is 6.95. The van der Waals surface area contributed by atoms with Crippen molar-refractivity contribution in [1.29, 1.82) is 0 Å². The number of rotatable bonds is 14. The maximum absolute atomic E-state index is 14.0. The van der Waals surface area contributed by atoms with Crippen molar-refractivity contribution < 1.29 is 31.9 Å². The number of carbonyl (C=O) groups is 3. The molecular formula is C29H32F4N6O3. The lowest BCUT2D eigenvalue weighted by Crippen LogP contribution is -2.50. The maximum Gasteiger partial charge on any atom is 0.405 e. The molecule has 1 fully saturated rings. The van der Waals surface area contributed by atoms with Crippen LogP contribution >= 0.6 is 0 Å². The molecule has 1 saturated carbocycles. The normalized spacial score (nSPS) is 13.9. The number of nitrogens with zero attached hydrogens (tertiary/aromatic N) is 4. The smallest absolute Gasteiger partial charge is 0.368 e. The number of hydrogen-bond donors (Lipinski definition) is 2. The second-order valence-electron chi connectivity index (χ2n) is 10.2. The van der Waals surface area contributed by atoms with Gasteiger partial charge in [-0.05, 0) is 61.9 Å². The molecule has 0 bridgehead atoms. The highest BCUT2D eigenvalue weighted by Gasteiger charge is 2.42. The molecule has 1 heterocycles. The zero-order valence-electron chi connectivity index (χ0n) is 22.8. The van der Waals surface area contributed by atoms with Gasteiger partial charge in [0.25, 0.3) is 11.8 Å². The van der Waals surface area contributed by atoms with Crippen molar-refractivity contribution in [2.24, 2.45) is 5.73 Å². The Hall–Kier alpha value is -4.29. The zero-order chi connectivity index (χ0) is 30.3. The summed E-state index contributed by atoms with van der Waals surface area (Å²) in [6, 6.07) is 13.8. The fourth-order valence-electron chi connectivity index (χ4n) is 4.71. The number of carbonyl (C=O) groups excluding carboxylic acids is 3. The number of alkyl halides is 4. The Kier molecular flexibility index (Phi) is 9.92. The third-order valence-corrected chi connectivity index (χ3v) is 6.95. The molecule has 0 unspecified atom stereocenters. The van der Waals surface area contributed by atoms with E-state index in [0.29, 0.717) is 49.9 Å². The molecule has 0 radical (unpaired) electrons. The van der Waals surface area contributed by atoms with Crippen LogP contribution in [0, 0.1) is 0 Å². The van der Waals surface area contributed by atoms with E-state index in [-0.39, 0.29) is 23.7 Å². The molecule has 0 spiro atoms. The van der Waals surface area contributed by atoms with Gasteiger partial charge in [-0.25, -0.2) is 4.68 Å². The van der Waals surface area contributed by atoms with Gasteiger partial charge in [0.05, 0.1) is 18.1 Å². The Morgan fingerprint density at radius 3 is 2.31 bits per heavy atom. The van der Waals surface area contributed by atoms with Crippen LogP contribution in [0.5, 0.6) is 0 Å². The second-order valence-corrected chi connectivity index (χ2v) is 10.2. The molecular weight excluding hydrogens is 556 g/mol. The fourth-order valence-corrected chi connectivity index (χ4v) is 4.71. The zero-order valence-corrected chi connectivity index (χ0v) is 22.8. The third kappa shape index (κ3) is 7.92. The van der Waals surface area contributed by atoms with E-state index in [9.17, 15) is 31.9 Å². The Labute approximate surface area is 240 Å². The van der Waals surface area contributed by atoms with E-state index in [4.69, 9.17) is 5.73 Å². The summed E-state index contributed by atoms with van der Waals surface area (Å²) >= 11 is 0. The van der Waals surface area contributed by atoms with Gasteiger partial charge in [-0.15, -0.1) is 5.10 Å². The molecule has 1 aromatic heterocycles. The number of halogens is 4. The van der Waals surface area contributed by atoms with Crippen LogP contribution < -0.4 is 11.1 Å². The van der Waals surface area contributed by atoms with Crippen LogP contribution in [0.3, 0.4) is 0 Å². The lowest BCUT2D eigenvalue weighted by Gasteiger charge is -2.29. The van der Waals surface area contributed by atoms with Gasteiger partial charge in [0, 0.05) is 18.0 Å². The average molecular weight is 589 g/mol. The molecule has 3 N–H and O–H groups in total. The van der Waals surface area contributed by atoms with E-state index >= 15 is 0 Å². The molecule has 1 aliphatic rings. The largest absolute Gasteiger partial charge is 0.405 e. The number of benzene rings is 2. The molecule has 2 aromatic carbocycles. The van der Waals surface area contributed by atoms with Crippen molar-refractivity contribution in [3.8, 4) is 5.69 Å². The fraction of sp³-hybridized carbons (Fsp3) is 0.414. The molecule has 1 atom stereocenters. The number of nitrogens with two attached hydrogens (primary N) is 1. The van der Waals surface area contributed by atoms with E-state index in [0.717, 1.165) is 5.56 Å². The van der Waals surface area contributed by atoms with E-state index in [2.05, 4.69) is 10.3 Å². The molecule has 224 valence electrons. The van der Waals surface area contributed by atoms with E-state index in [1.54, 1.807) is 0 Å². The van der Waals surface area contributed by atoms with Gasteiger partial charge in [-0.1, -0.05) is 42.0 Å². The minimum absolute atomic E-state index is 0.00836. The van der Waals surface area contributed by atoms with Crippen LogP contribution in [0.25, 0.3) is 5.69 Å². The highest BCUT2D eigenvalue weighted by molar-refractivity contribution is 5.97. The molecule has 9 nitrogen and oxygen atoms in total. The monoisotopic (exact) mass is 588 g/mol. The van der Waals surface area contributed by atoms with Gasteiger partial charge in [-0.3, -0.25) is 18.8 Å². The summed E-state index contributed by atoms with van der Waals surface area (Å²) in [6.07, 6.45) is -1.14. The van der Waals surface area contributed by atoms with Crippen LogP contribution in [0.4, 0.5) is 17.6 Å². The minimum atomic E-state index is -4.54. The molecule has 3 aromatic rings. The summed E-state index contributed by atoms with van der Waals surface area (Å²) in [6.45, 7) is -1.93. The van der Waals surface area contributed by atoms with E-state index in [1.807, 2.05) is 35.6 Å². The molecule has 42 heavy (non-hydrogen) atoms. The van der Waals surface area contributed by atoms with Crippen LogP contribution in [0.1, 0.15) is 64.2 Å².